The van der Waals surface area contributed by atoms with Gasteiger partial charge in [0.2, 0.25) is 5.91 Å². The molecule has 144 valence electrons. The Kier molecular flexibility index (Phi) is 11.5. The number of carbonyl (C=O) groups excluding carboxylic acids is 1. The highest BCUT2D eigenvalue weighted by Gasteiger charge is 2.26. The van der Waals surface area contributed by atoms with Crippen molar-refractivity contribution in [2.24, 2.45) is 5.73 Å². The summed E-state index contributed by atoms with van der Waals surface area (Å²) in [6, 6.07) is 14.9. The molecule has 1 aromatic carbocycles. The number of carbonyl (C=O) groups is 1. The molecular weight excluding hydrogens is 395 g/mol. The molecule has 0 saturated carbocycles. The van der Waals surface area contributed by atoms with Crippen molar-refractivity contribution in [2.75, 3.05) is 26.2 Å². The highest BCUT2D eigenvalue weighted by atomic mass is 35.5. The monoisotopic (exact) mass is 418 g/mol. The summed E-state index contributed by atoms with van der Waals surface area (Å²) in [5.41, 5.74) is 8.04. The van der Waals surface area contributed by atoms with Crippen molar-refractivity contribution in [3.63, 3.8) is 0 Å². The van der Waals surface area contributed by atoms with Crippen LogP contribution in [0.2, 0.25) is 0 Å². The first-order chi connectivity index (χ1) is 11.2. The lowest BCUT2D eigenvalue weighted by Gasteiger charge is -2.35. The molecule has 1 unspecified atom stereocenters. The highest BCUT2D eigenvalue weighted by Crippen LogP contribution is 2.15. The third-order valence-corrected chi connectivity index (χ3v) is 4.22. The van der Waals surface area contributed by atoms with E-state index >= 15 is 0 Å². The molecule has 1 fully saturated rings. The smallest absolute Gasteiger partial charge is 0.244 e. The summed E-state index contributed by atoms with van der Waals surface area (Å²) < 4.78 is 0. The van der Waals surface area contributed by atoms with E-state index in [4.69, 9.17) is 5.73 Å². The minimum atomic E-state index is -0.571. The third-order valence-electron chi connectivity index (χ3n) is 4.22. The van der Waals surface area contributed by atoms with Gasteiger partial charge in [0.25, 0.3) is 0 Å². The number of rotatable bonds is 4. The quantitative estimate of drug-likeness (QED) is 0.827. The topological polar surface area (TPSA) is 62.5 Å². The second-order valence-corrected chi connectivity index (χ2v) is 5.81. The predicted molar refractivity (Wildman–Crippen MR) is 111 cm³/mol. The number of nitrogens with zero attached hydrogens (tertiary/aromatic N) is 3. The average molecular weight is 420 g/mol. The molecule has 1 aliphatic heterocycles. The fourth-order valence-electron chi connectivity index (χ4n) is 2.85. The molecule has 5 nitrogen and oxygen atoms in total. The third kappa shape index (κ3) is 6.41. The fraction of sp³-hybridized carbons (Fsp3) is 0.333. The van der Waals surface area contributed by atoms with Crippen LogP contribution in [0.5, 0.6) is 0 Å². The van der Waals surface area contributed by atoms with Crippen LogP contribution in [0, 0.1) is 0 Å². The first-order valence-electron chi connectivity index (χ1n) is 7.95. The van der Waals surface area contributed by atoms with Gasteiger partial charge in [-0.05, 0) is 17.7 Å². The van der Waals surface area contributed by atoms with Crippen molar-refractivity contribution >= 4 is 43.1 Å². The van der Waals surface area contributed by atoms with Gasteiger partial charge in [0.15, 0.2) is 0 Å². The van der Waals surface area contributed by atoms with Crippen LogP contribution >= 0.6 is 37.2 Å². The Balaban J connectivity index is 0.00000208. The maximum Gasteiger partial charge on any atom is 0.244 e. The Hall–Kier alpha value is -1.37. The molecule has 1 aromatic heterocycles. The molecule has 0 bridgehead atoms. The normalized spacial score (nSPS) is 15.0. The summed E-state index contributed by atoms with van der Waals surface area (Å²) in [5.74, 6) is 0.00804. The van der Waals surface area contributed by atoms with Crippen LogP contribution in [0.3, 0.4) is 0 Å². The summed E-state index contributed by atoms with van der Waals surface area (Å²) in [6.07, 6.45) is 1.81. The van der Waals surface area contributed by atoms with Gasteiger partial charge in [-0.15, -0.1) is 37.2 Å². The number of benzene rings is 1. The Morgan fingerprint density at radius 1 is 0.962 bits per heavy atom. The van der Waals surface area contributed by atoms with Crippen LogP contribution in [0.15, 0.2) is 54.7 Å². The van der Waals surface area contributed by atoms with Crippen molar-refractivity contribution in [1.29, 1.82) is 0 Å². The number of pyridine rings is 1. The molecule has 3 rings (SSSR count). The summed E-state index contributed by atoms with van der Waals surface area (Å²) in [7, 11) is 0. The van der Waals surface area contributed by atoms with E-state index in [-0.39, 0.29) is 43.1 Å². The van der Waals surface area contributed by atoms with E-state index in [1.165, 1.54) is 0 Å². The number of amides is 1. The van der Waals surface area contributed by atoms with Crippen LogP contribution in [-0.4, -0.2) is 46.9 Å². The Morgan fingerprint density at radius 3 is 2.15 bits per heavy atom. The van der Waals surface area contributed by atoms with Crippen LogP contribution in [0.1, 0.15) is 17.3 Å². The molecule has 2 heterocycles. The second kappa shape index (κ2) is 12.1. The lowest BCUT2D eigenvalue weighted by Crippen LogP contribution is -2.50. The molecular formula is C18H25Cl3N4O. The van der Waals surface area contributed by atoms with Crippen LogP contribution < -0.4 is 5.73 Å². The van der Waals surface area contributed by atoms with E-state index < -0.39 is 6.04 Å². The summed E-state index contributed by atoms with van der Waals surface area (Å²) in [4.78, 5) is 21.1. The van der Waals surface area contributed by atoms with Gasteiger partial charge >= 0.3 is 0 Å². The largest absolute Gasteiger partial charge is 0.338 e. The molecule has 1 atom stereocenters. The second-order valence-electron chi connectivity index (χ2n) is 5.81. The number of aromatic nitrogens is 1. The number of nitrogens with two attached hydrogens (primary N) is 1. The number of piperazine rings is 1. The van der Waals surface area contributed by atoms with E-state index in [0.29, 0.717) is 13.1 Å². The van der Waals surface area contributed by atoms with Gasteiger partial charge in [0.1, 0.15) is 6.04 Å². The Bertz CT molecular complexity index is 637. The van der Waals surface area contributed by atoms with Gasteiger partial charge in [-0.2, -0.15) is 0 Å². The number of hydrogen-bond donors (Lipinski definition) is 1. The first-order valence-corrected chi connectivity index (χ1v) is 7.95. The summed E-state index contributed by atoms with van der Waals surface area (Å²) in [5, 5.41) is 0. The molecule has 2 N–H and O–H groups in total. The van der Waals surface area contributed by atoms with Gasteiger partial charge in [0.05, 0.1) is 5.69 Å². The molecule has 1 amide bonds. The highest BCUT2D eigenvalue weighted by molar-refractivity contribution is 5.86. The van der Waals surface area contributed by atoms with Gasteiger partial charge in [-0.1, -0.05) is 36.4 Å². The van der Waals surface area contributed by atoms with Gasteiger partial charge < -0.3 is 10.6 Å². The maximum absolute atomic E-state index is 12.5. The summed E-state index contributed by atoms with van der Waals surface area (Å²) >= 11 is 0. The molecule has 0 radical (unpaired) electrons. The van der Waals surface area contributed by atoms with Crippen molar-refractivity contribution in [3.05, 3.63) is 66.0 Å². The lowest BCUT2D eigenvalue weighted by molar-refractivity contribution is -0.134. The van der Waals surface area contributed by atoms with Crippen molar-refractivity contribution in [2.45, 2.75) is 12.6 Å². The van der Waals surface area contributed by atoms with E-state index in [2.05, 4.69) is 9.88 Å². The van der Waals surface area contributed by atoms with Crippen LogP contribution in [0.25, 0.3) is 0 Å². The number of hydrogen-bond acceptors (Lipinski definition) is 4. The molecule has 1 aliphatic rings. The van der Waals surface area contributed by atoms with Crippen LogP contribution in [-0.2, 0) is 11.3 Å². The first kappa shape index (κ1) is 24.6. The standard InChI is InChI=1S/C18H22N4O.3ClH/c19-17(15-6-2-1-3-7-15)18(23)22-12-10-21(11-13-22)14-16-8-4-5-9-20-16;;;/h1-9,17H,10-14,19H2;3*1H. The number of halogens is 3. The van der Waals surface area contributed by atoms with Crippen molar-refractivity contribution in [1.82, 2.24) is 14.8 Å². The predicted octanol–water partition coefficient (Wildman–Crippen LogP) is 2.69. The summed E-state index contributed by atoms with van der Waals surface area (Å²) in [6.45, 7) is 3.96. The molecule has 26 heavy (non-hydrogen) atoms. The van der Waals surface area contributed by atoms with Gasteiger partial charge in [0, 0.05) is 38.9 Å². The van der Waals surface area contributed by atoms with E-state index in [1.54, 1.807) is 0 Å². The minimum absolute atomic E-state index is 0. The van der Waals surface area contributed by atoms with E-state index in [1.807, 2.05) is 59.6 Å². The van der Waals surface area contributed by atoms with Crippen molar-refractivity contribution in [3.8, 4) is 0 Å². The fourth-order valence-corrected chi connectivity index (χ4v) is 2.85. The molecule has 1 saturated heterocycles. The zero-order chi connectivity index (χ0) is 16.1. The SMILES string of the molecule is Cl.Cl.Cl.NC(C(=O)N1CCN(Cc2ccccn2)CC1)c1ccccc1. The van der Waals surface area contributed by atoms with Crippen LogP contribution in [0.4, 0.5) is 0 Å². The zero-order valence-corrected chi connectivity index (χ0v) is 16.8. The average Bonchev–Trinajstić information content (AvgIpc) is 2.63. The van der Waals surface area contributed by atoms with Gasteiger partial charge in [-0.3, -0.25) is 14.7 Å². The zero-order valence-electron chi connectivity index (χ0n) is 14.4. The minimum Gasteiger partial charge on any atom is -0.338 e. The van der Waals surface area contributed by atoms with Crippen molar-refractivity contribution < 1.29 is 4.79 Å². The molecule has 2 aromatic rings. The molecule has 0 aliphatic carbocycles. The van der Waals surface area contributed by atoms with E-state index in [9.17, 15) is 4.79 Å². The maximum atomic E-state index is 12.5. The Morgan fingerprint density at radius 2 is 1.58 bits per heavy atom. The molecule has 8 heteroatoms. The molecule has 0 spiro atoms. The van der Waals surface area contributed by atoms with E-state index in [0.717, 1.165) is 30.9 Å². The van der Waals surface area contributed by atoms with Gasteiger partial charge in [-0.25, -0.2) is 0 Å². The Labute approximate surface area is 173 Å². The lowest BCUT2D eigenvalue weighted by atomic mass is 10.1.